The first kappa shape index (κ1) is 11.5. The second-order valence-electron chi connectivity index (χ2n) is 3.54. The van der Waals surface area contributed by atoms with E-state index in [1.54, 1.807) is 0 Å². The Bertz CT molecular complexity index is 336. The Morgan fingerprint density at radius 3 is 2.43 bits per heavy atom. The summed E-state index contributed by atoms with van der Waals surface area (Å²) in [4.78, 5) is 0. The molecule has 14 heavy (non-hydrogen) atoms. The molecule has 0 spiro atoms. The van der Waals surface area contributed by atoms with Crippen molar-refractivity contribution in [3.8, 4) is 0 Å². The molecule has 2 rings (SSSR count). The van der Waals surface area contributed by atoms with E-state index in [4.69, 9.17) is 5.73 Å². The smallest absolute Gasteiger partial charge is 0.161 e. The summed E-state index contributed by atoms with van der Waals surface area (Å²) in [6.07, 6.45) is 0.894. The fraction of sp³-hybridized carbons (Fsp3) is 0.300. The van der Waals surface area contributed by atoms with Gasteiger partial charge < -0.3 is 5.73 Å². The van der Waals surface area contributed by atoms with Crippen LogP contribution >= 0.6 is 24.0 Å². The molecule has 2 N–H and O–H groups in total. The first-order chi connectivity index (χ1) is 6.21. The molecule has 0 aromatic heterocycles. The number of rotatable bonds is 1. The van der Waals surface area contributed by atoms with Crippen molar-refractivity contribution in [2.24, 2.45) is 10.8 Å². The van der Waals surface area contributed by atoms with Crippen LogP contribution in [0.2, 0.25) is 0 Å². The van der Waals surface area contributed by atoms with Crippen LogP contribution in [0, 0.1) is 0 Å². The minimum Gasteiger partial charge on any atom is -0.383 e. The highest BCUT2D eigenvalue weighted by Gasteiger charge is 2.30. The van der Waals surface area contributed by atoms with Gasteiger partial charge in [-0.2, -0.15) is 4.59 Å². The van der Waals surface area contributed by atoms with Crippen molar-refractivity contribution in [3.05, 3.63) is 30.3 Å². The summed E-state index contributed by atoms with van der Waals surface area (Å²) < 4.78 is 0.590. The minimum atomic E-state index is 0. The lowest BCUT2D eigenvalue weighted by Crippen LogP contribution is -2.36. The Hall–Kier alpha value is -0.620. The van der Waals surface area contributed by atoms with Crippen molar-refractivity contribution < 1.29 is 0 Å². The van der Waals surface area contributed by atoms with Crippen LogP contribution < -0.4 is 10.3 Å². The van der Waals surface area contributed by atoms with E-state index in [1.165, 1.54) is 5.69 Å². The van der Waals surface area contributed by atoms with Gasteiger partial charge in [0.05, 0.1) is 13.5 Å². The molecule has 1 aromatic rings. The van der Waals surface area contributed by atoms with Crippen LogP contribution in [-0.2, 0) is 0 Å². The fourth-order valence-electron chi connectivity index (χ4n) is 1.65. The molecule has 0 aliphatic carbocycles. The van der Waals surface area contributed by atoms with E-state index in [0.717, 1.165) is 18.8 Å². The molecule has 1 unspecified atom stereocenters. The third-order valence-corrected chi connectivity index (χ3v) is 2.46. The first-order valence-electron chi connectivity index (χ1n) is 4.46. The van der Waals surface area contributed by atoms with Crippen molar-refractivity contribution >= 4 is 35.5 Å². The minimum absolute atomic E-state index is 0. The van der Waals surface area contributed by atoms with Crippen LogP contribution in [-0.4, -0.2) is 19.4 Å². The number of nitrogens with zero attached hydrogens (tertiary/aromatic N) is 2. The fourth-order valence-corrected chi connectivity index (χ4v) is 1.65. The van der Waals surface area contributed by atoms with E-state index in [2.05, 4.69) is 24.3 Å². The number of hydrogen-bond acceptors (Lipinski definition) is 2. The van der Waals surface area contributed by atoms with Crippen LogP contribution in [0.4, 0.5) is 5.69 Å². The molecule has 0 amide bonds. The molecule has 76 valence electrons. The zero-order valence-corrected chi connectivity index (χ0v) is 10.5. The van der Waals surface area contributed by atoms with Gasteiger partial charge in [0.15, 0.2) is 11.5 Å². The highest BCUT2D eigenvalue weighted by atomic mass is 127. The standard InChI is InChI=1S/C10H14N3.HI/c1-13(8-7-10(11)12-13)9-5-3-2-4-6-9;/h2-6H,7-8H2,1H3,(H2,11,12);1H/q+1;. The Morgan fingerprint density at radius 1 is 1.29 bits per heavy atom. The Morgan fingerprint density at radius 2 is 1.93 bits per heavy atom. The van der Waals surface area contributed by atoms with Crippen molar-refractivity contribution in [1.29, 1.82) is 0 Å². The van der Waals surface area contributed by atoms with E-state index in [0.29, 0.717) is 4.59 Å². The molecule has 0 radical (unpaired) electrons. The molecule has 1 aromatic carbocycles. The second kappa shape index (κ2) is 4.27. The number of hydrogen-bond donors (Lipinski definition) is 1. The molecular weight excluding hydrogens is 289 g/mol. The largest absolute Gasteiger partial charge is 0.383 e. The summed E-state index contributed by atoms with van der Waals surface area (Å²) in [5.41, 5.74) is 6.88. The quantitative estimate of drug-likeness (QED) is 0.625. The van der Waals surface area contributed by atoms with Gasteiger partial charge in [-0.3, -0.25) is 0 Å². The van der Waals surface area contributed by atoms with Gasteiger partial charge in [-0.05, 0) is 0 Å². The lowest BCUT2D eigenvalue weighted by Gasteiger charge is -2.21. The van der Waals surface area contributed by atoms with Gasteiger partial charge in [0.2, 0.25) is 0 Å². The van der Waals surface area contributed by atoms with Gasteiger partial charge in [-0.15, -0.1) is 24.0 Å². The van der Waals surface area contributed by atoms with Gasteiger partial charge in [-0.25, -0.2) is 0 Å². The topological polar surface area (TPSA) is 38.4 Å². The molecule has 1 aliphatic rings. The van der Waals surface area contributed by atoms with Crippen molar-refractivity contribution in [3.63, 3.8) is 0 Å². The predicted octanol–water partition coefficient (Wildman–Crippen LogP) is 1.92. The van der Waals surface area contributed by atoms with E-state index in [1.807, 2.05) is 18.2 Å². The van der Waals surface area contributed by atoms with Crippen LogP contribution in [0.3, 0.4) is 0 Å². The molecule has 1 aliphatic heterocycles. The number of nitrogens with two attached hydrogens (primary N) is 1. The van der Waals surface area contributed by atoms with Crippen molar-refractivity contribution in [2.75, 3.05) is 13.6 Å². The zero-order chi connectivity index (χ0) is 9.31. The highest BCUT2D eigenvalue weighted by Crippen LogP contribution is 2.24. The molecule has 0 bridgehead atoms. The third kappa shape index (κ3) is 2.06. The van der Waals surface area contributed by atoms with Crippen LogP contribution in [0.15, 0.2) is 35.4 Å². The summed E-state index contributed by atoms with van der Waals surface area (Å²) in [6.45, 7) is 0.968. The monoisotopic (exact) mass is 304 g/mol. The molecule has 1 atom stereocenters. The van der Waals surface area contributed by atoms with Gasteiger partial charge in [0.25, 0.3) is 0 Å². The zero-order valence-electron chi connectivity index (χ0n) is 8.18. The molecule has 0 saturated carbocycles. The van der Waals surface area contributed by atoms with Gasteiger partial charge in [0, 0.05) is 12.1 Å². The van der Waals surface area contributed by atoms with Gasteiger partial charge in [-0.1, -0.05) is 23.3 Å². The van der Waals surface area contributed by atoms with E-state index in [-0.39, 0.29) is 24.0 Å². The first-order valence-corrected chi connectivity index (χ1v) is 4.46. The Kier molecular flexibility index (Phi) is 3.49. The summed E-state index contributed by atoms with van der Waals surface area (Å²) in [6, 6.07) is 10.2. The van der Waals surface area contributed by atoms with Crippen molar-refractivity contribution in [2.45, 2.75) is 6.42 Å². The lowest BCUT2D eigenvalue weighted by molar-refractivity contribution is 0.383. The summed E-state index contributed by atoms with van der Waals surface area (Å²) >= 11 is 0. The van der Waals surface area contributed by atoms with E-state index < -0.39 is 0 Å². The van der Waals surface area contributed by atoms with Gasteiger partial charge in [0.1, 0.15) is 6.54 Å². The molecule has 4 heteroatoms. The van der Waals surface area contributed by atoms with Crippen LogP contribution in [0.5, 0.6) is 0 Å². The average molecular weight is 304 g/mol. The average Bonchev–Trinajstić information content (AvgIpc) is 2.49. The summed E-state index contributed by atoms with van der Waals surface area (Å²) in [5.74, 6) is 0.756. The number of benzene rings is 1. The second-order valence-corrected chi connectivity index (χ2v) is 3.54. The molecule has 1 heterocycles. The summed E-state index contributed by atoms with van der Waals surface area (Å²) in [5, 5.41) is 4.42. The van der Waals surface area contributed by atoms with Crippen LogP contribution in [0.25, 0.3) is 0 Å². The normalized spacial score (nSPS) is 25.4. The maximum atomic E-state index is 5.68. The third-order valence-electron chi connectivity index (χ3n) is 2.46. The lowest BCUT2D eigenvalue weighted by atomic mass is 10.3. The van der Waals surface area contributed by atoms with Gasteiger partial charge >= 0.3 is 0 Å². The molecular formula is C10H15IN3+. The predicted molar refractivity (Wildman–Crippen MR) is 70.7 cm³/mol. The maximum Gasteiger partial charge on any atom is 0.161 e. The highest BCUT2D eigenvalue weighted by molar-refractivity contribution is 14.0. The number of quaternary nitrogens is 1. The molecule has 3 nitrogen and oxygen atoms in total. The van der Waals surface area contributed by atoms with E-state index >= 15 is 0 Å². The molecule has 0 fully saturated rings. The molecule has 0 saturated heterocycles. The summed E-state index contributed by atoms with van der Waals surface area (Å²) in [7, 11) is 2.08. The van der Waals surface area contributed by atoms with Crippen LogP contribution in [0.1, 0.15) is 6.42 Å². The SMILES string of the molecule is C[N+]1(c2ccccc2)CCC(N)=N1.I. The maximum absolute atomic E-state index is 5.68. The number of para-hydroxylation sites is 1. The number of amidine groups is 1. The van der Waals surface area contributed by atoms with E-state index in [9.17, 15) is 0 Å². The number of halogens is 1. The Labute approximate surface area is 101 Å². The van der Waals surface area contributed by atoms with Crippen molar-refractivity contribution in [1.82, 2.24) is 4.59 Å². The Balaban J connectivity index is 0.000000980.